The number of morpholine rings is 1. The summed E-state index contributed by atoms with van der Waals surface area (Å²) in [5.74, 6) is -0.290. The molecule has 0 spiro atoms. The Kier molecular flexibility index (Phi) is 5.95. The van der Waals surface area contributed by atoms with Gasteiger partial charge in [0.1, 0.15) is 5.88 Å². The SMILES string of the molecule is O=C(CCl)Nc1ccc2c(c1)Cc1cccc(-c3cc(N4CCOCC4)cc(=O)[nH]3)c1S2. The lowest BCUT2D eigenvalue weighted by Gasteiger charge is -2.29. The van der Waals surface area contributed by atoms with Crippen LogP contribution in [0.15, 0.2) is 63.1 Å². The van der Waals surface area contributed by atoms with Crippen LogP contribution in [0.4, 0.5) is 11.4 Å². The lowest BCUT2D eigenvalue weighted by atomic mass is 9.99. The molecule has 164 valence electrons. The molecule has 8 heteroatoms. The van der Waals surface area contributed by atoms with Gasteiger partial charge in [-0.1, -0.05) is 30.0 Å². The maximum Gasteiger partial charge on any atom is 0.250 e. The van der Waals surface area contributed by atoms with E-state index in [1.165, 1.54) is 5.56 Å². The largest absolute Gasteiger partial charge is 0.378 e. The van der Waals surface area contributed by atoms with Gasteiger partial charge >= 0.3 is 0 Å². The molecule has 1 aromatic heterocycles. The number of H-pyrrole nitrogens is 1. The zero-order valence-corrected chi connectivity index (χ0v) is 18.9. The second-order valence-electron chi connectivity index (χ2n) is 7.79. The Morgan fingerprint density at radius 1 is 1.12 bits per heavy atom. The van der Waals surface area contributed by atoms with Gasteiger partial charge in [0.2, 0.25) is 11.5 Å². The number of hydrogen-bond acceptors (Lipinski definition) is 5. The molecule has 1 fully saturated rings. The number of ether oxygens (including phenoxy) is 1. The molecule has 32 heavy (non-hydrogen) atoms. The zero-order valence-electron chi connectivity index (χ0n) is 17.3. The fraction of sp³-hybridized carbons (Fsp3) is 0.250. The zero-order chi connectivity index (χ0) is 22.1. The first-order chi connectivity index (χ1) is 15.6. The second kappa shape index (κ2) is 9.02. The van der Waals surface area contributed by atoms with Crippen molar-refractivity contribution in [2.75, 3.05) is 42.4 Å². The summed E-state index contributed by atoms with van der Waals surface area (Å²) in [5, 5.41) is 2.81. The predicted molar refractivity (Wildman–Crippen MR) is 128 cm³/mol. The van der Waals surface area contributed by atoms with E-state index in [4.69, 9.17) is 16.3 Å². The van der Waals surface area contributed by atoms with E-state index in [1.807, 2.05) is 24.3 Å². The minimum Gasteiger partial charge on any atom is -0.378 e. The van der Waals surface area contributed by atoms with Crippen LogP contribution in [0.3, 0.4) is 0 Å². The number of aromatic amines is 1. The van der Waals surface area contributed by atoms with Crippen LogP contribution >= 0.6 is 23.4 Å². The van der Waals surface area contributed by atoms with Crippen LogP contribution in [0, 0.1) is 0 Å². The van der Waals surface area contributed by atoms with Crippen LogP contribution in [0.5, 0.6) is 0 Å². The molecule has 0 saturated carbocycles. The summed E-state index contributed by atoms with van der Waals surface area (Å²) >= 11 is 7.30. The number of carbonyl (C=O) groups is 1. The molecule has 6 nitrogen and oxygen atoms in total. The average Bonchev–Trinajstić information content (AvgIpc) is 2.82. The summed E-state index contributed by atoms with van der Waals surface area (Å²) in [4.78, 5) is 31.6. The number of rotatable bonds is 4. The van der Waals surface area contributed by atoms with E-state index in [-0.39, 0.29) is 17.3 Å². The Morgan fingerprint density at radius 2 is 1.97 bits per heavy atom. The summed E-state index contributed by atoms with van der Waals surface area (Å²) < 4.78 is 5.45. The van der Waals surface area contributed by atoms with Crippen LogP contribution in [-0.2, 0) is 16.0 Å². The van der Waals surface area contributed by atoms with Gasteiger partial charge in [-0.15, -0.1) is 11.6 Å². The van der Waals surface area contributed by atoms with Crippen molar-refractivity contribution in [3.63, 3.8) is 0 Å². The number of carbonyl (C=O) groups excluding carboxylic acids is 1. The van der Waals surface area contributed by atoms with Crippen molar-refractivity contribution < 1.29 is 9.53 Å². The maximum absolute atomic E-state index is 12.5. The van der Waals surface area contributed by atoms with E-state index >= 15 is 0 Å². The van der Waals surface area contributed by atoms with Crippen molar-refractivity contribution in [3.05, 3.63) is 70.0 Å². The quantitative estimate of drug-likeness (QED) is 0.442. The molecule has 0 bridgehead atoms. The molecule has 5 rings (SSSR count). The molecule has 2 N–H and O–H groups in total. The fourth-order valence-electron chi connectivity index (χ4n) is 4.14. The monoisotopic (exact) mass is 467 g/mol. The van der Waals surface area contributed by atoms with Gasteiger partial charge in [0.05, 0.1) is 18.9 Å². The third-order valence-corrected chi connectivity index (χ3v) is 7.20. The normalized spacial score (nSPS) is 15.1. The van der Waals surface area contributed by atoms with E-state index in [0.29, 0.717) is 13.2 Å². The molecule has 1 amide bonds. The number of aromatic nitrogens is 1. The van der Waals surface area contributed by atoms with Gasteiger partial charge in [-0.2, -0.15) is 0 Å². The topological polar surface area (TPSA) is 74.4 Å². The van der Waals surface area contributed by atoms with Crippen LogP contribution in [0.2, 0.25) is 0 Å². The lowest BCUT2D eigenvalue weighted by molar-refractivity contribution is -0.113. The fourth-order valence-corrected chi connectivity index (χ4v) is 5.38. The Morgan fingerprint density at radius 3 is 2.78 bits per heavy atom. The molecule has 0 unspecified atom stereocenters. The molecule has 3 heterocycles. The molecule has 0 atom stereocenters. The third kappa shape index (κ3) is 4.28. The molecule has 0 radical (unpaired) electrons. The van der Waals surface area contributed by atoms with Gasteiger partial charge in [0, 0.05) is 45.9 Å². The second-order valence-corrected chi connectivity index (χ2v) is 9.11. The van der Waals surface area contributed by atoms with Crippen LogP contribution in [0.25, 0.3) is 11.3 Å². The molecule has 0 aliphatic carbocycles. The number of pyridine rings is 1. The molecule has 2 aliphatic heterocycles. The highest BCUT2D eigenvalue weighted by Gasteiger charge is 2.21. The predicted octanol–water partition coefficient (Wildman–Crippen LogP) is 4.11. The number of hydrogen-bond donors (Lipinski definition) is 2. The Balaban J connectivity index is 1.49. The van der Waals surface area contributed by atoms with E-state index in [0.717, 1.165) is 57.5 Å². The number of anilines is 2. The molecule has 3 aromatic rings. The maximum atomic E-state index is 12.5. The minimum atomic E-state index is -0.220. The Bertz CT molecular complexity index is 1240. The lowest BCUT2D eigenvalue weighted by Crippen LogP contribution is -2.36. The van der Waals surface area contributed by atoms with E-state index in [2.05, 4.69) is 33.4 Å². The molecule has 1 saturated heterocycles. The summed E-state index contributed by atoms with van der Waals surface area (Å²) in [6.07, 6.45) is 0.753. The average molecular weight is 468 g/mol. The molecular weight excluding hydrogens is 446 g/mol. The van der Waals surface area contributed by atoms with Gasteiger partial charge in [-0.25, -0.2) is 0 Å². The Labute approximate surface area is 194 Å². The van der Waals surface area contributed by atoms with Crippen molar-refractivity contribution in [1.82, 2.24) is 4.98 Å². The van der Waals surface area contributed by atoms with Crippen molar-refractivity contribution in [2.24, 2.45) is 0 Å². The Hall–Kier alpha value is -2.74. The van der Waals surface area contributed by atoms with Gasteiger partial charge in [0.25, 0.3) is 0 Å². The molecular formula is C24H22ClN3O3S. The third-order valence-electron chi connectivity index (χ3n) is 5.65. The van der Waals surface area contributed by atoms with Gasteiger partial charge in [-0.05, 0) is 41.8 Å². The van der Waals surface area contributed by atoms with Crippen molar-refractivity contribution in [2.45, 2.75) is 16.2 Å². The van der Waals surface area contributed by atoms with Crippen molar-refractivity contribution in [1.29, 1.82) is 0 Å². The van der Waals surface area contributed by atoms with E-state index in [1.54, 1.807) is 17.8 Å². The highest BCUT2D eigenvalue weighted by atomic mass is 35.5. The van der Waals surface area contributed by atoms with E-state index < -0.39 is 0 Å². The number of alkyl halides is 1. The minimum absolute atomic E-state index is 0.0697. The standard InChI is InChI=1S/C24H22ClN3O3S/c25-14-23(30)26-17-4-5-21-16(11-17)10-15-2-1-3-19(24(15)32-21)20-12-18(13-22(29)27-20)28-6-8-31-9-7-28/h1-5,11-13H,6-10,14H2,(H,26,30)(H,27,29). The van der Waals surface area contributed by atoms with Crippen molar-refractivity contribution >= 4 is 40.6 Å². The number of halogens is 1. The first kappa shape index (κ1) is 21.1. The van der Waals surface area contributed by atoms with Crippen LogP contribution in [0.1, 0.15) is 11.1 Å². The van der Waals surface area contributed by atoms with Gasteiger partial charge < -0.3 is 19.9 Å². The highest BCUT2D eigenvalue weighted by molar-refractivity contribution is 7.99. The summed E-state index contributed by atoms with van der Waals surface area (Å²) in [6.45, 7) is 2.90. The van der Waals surface area contributed by atoms with Gasteiger partial charge in [0.15, 0.2) is 0 Å². The molecule has 2 aliphatic rings. The first-order valence-corrected chi connectivity index (χ1v) is 11.8. The van der Waals surface area contributed by atoms with Gasteiger partial charge in [-0.3, -0.25) is 9.59 Å². The number of benzene rings is 2. The van der Waals surface area contributed by atoms with Crippen LogP contribution in [-0.4, -0.2) is 43.1 Å². The number of nitrogens with zero attached hydrogens (tertiary/aromatic N) is 1. The molecule has 2 aromatic carbocycles. The number of nitrogens with one attached hydrogen (secondary N) is 2. The highest BCUT2D eigenvalue weighted by Crippen LogP contribution is 2.45. The van der Waals surface area contributed by atoms with E-state index in [9.17, 15) is 9.59 Å². The number of amides is 1. The first-order valence-electron chi connectivity index (χ1n) is 10.5. The van der Waals surface area contributed by atoms with Crippen LogP contribution < -0.4 is 15.8 Å². The smallest absolute Gasteiger partial charge is 0.250 e. The summed E-state index contributed by atoms with van der Waals surface area (Å²) in [5.41, 5.74) is 5.74. The summed E-state index contributed by atoms with van der Waals surface area (Å²) in [7, 11) is 0. The summed E-state index contributed by atoms with van der Waals surface area (Å²) in [6, 6.07) is 15.8. The number of fused-ring (bicyclic) bond motifs is 2. The van der Waals surface area contributed by atoms with Crippen molar-refractivity contribution in [3.8, 4) is 11.3 Å².